The number of benzene rings is 3. The number of rotatable bonds is 6. The third-order valence-corrected chi connectivity index (χ3v) is 9.02. The summed E-state index contributed by atoms with van der Waals surface area (Å²) in [5.41, 5.74) is 11.5. The molecule has 0 bridgehead atoms. The average Bonchev–Trinajstić information content (AvgIpc) is 3.20. The van der Waals surface area contributed by atoms with Gasteiger partial charge in [-0.25, -0.2) is 0 Å². The Morgan fingerprint density at radius 1 is 0.838 bits per heavy atom. The molecule has 0 aliphatic carbocycles. The molecule has 4 nitrogen and oxygen atoms in total. The fourth-order valence-electron chi connectivity index (χ4n) is 5.28. The van der Waals surface area contributed by atoms with E-state index in [1.54, 1.807) is 6.92 Å². The molecule has 3 aromatic carbocycles. The third kappa shape index (κ3) is 5.83. The maximum absolute atomic E-state index is 11.9. The van der Waals surface area contributed by atoms with Crippen molar-refractivity contribution in [3.05, 3.63) is 87.5 Å². The standard InChI is InChI=1S/C21H26N2.C11H12O2.Ru/c1-14-9-16(3)20(17(4)10-14)22-7-8-23(13-22)21-18(5)11-15(2)12-19(21)6;1-8-6-4-5-7-11(8)13-10(3)9(2)12;/h9-12H,7-8H2,1-6H3;1,4-7,10H,2-3H3;. The van der Waals surface area contributed by atoms with E-state index in [4.69, 9.17) is 4.74 Å². The first-order valence-electron chi connectivity index (χ1n) is 12.8. The van der Waals surface area contributed by atoms with Crippen molar-refractivity contribution in [3.8, 4) is 5.75 Å². The summed E-state index contributed by atoms with van der Waals surface area (Å²) in [6.07, 6.45) is -0.465. The molecule has 5 heteroatoms. The van der Waals surface area contributed by atoms with E-state index < -0.39 is 6.10 Å². The topological polar surface area (TPSA) is 32.8 Å². The molecule has 1 heterocycles. The number of ketones is 1. The second-order valence-corrected chi connectivity index (χ2v) is 11.9. The van der Waals surface area contributed by atoms with E-state index in [2.05, 4.69) is 86.3 Å². The van der Waals surface area contributed by atoms with Crippen LogP contribution in [0.3, 0.4) is 0 Å². The van der Waals surface area contributed by atoms with Crippen molar-refractivity contribution in [2.75, 3.05) is 22.9 Å². The van der Waals surface area contributed by atoms with Crippen LogP contribution in [-0.4, -0.2) is 33.9 Å². The number of anilines is 2. The van der Waals surface area contributed by atoms with Gasteiger partial charge in [0.05, 0.1) is 0 Å². The average molecular weight is 584 g/mol. The molecule has 1 aliphatic heterocycles. The number of carbonyl (C=O) groups excluding carboxylic acids is 1. The molecule has 0 radical (unpaired) electrons. The first-order chi connectivity index (χ1) is 17.6. The van der Waals surface area contributed by atoms with Crippen molar-refractivity contribution in [2.45, 2.75) is 61.5 Å². The van der Waals surface area contributed by atoms with Crippen molar-refractivity contribution >= 4 is 26.1 Å². The molecular formula is C32H38N2O2Ru. The van der Waals surface area contributed by atoms with Crippen LogP contribution in [0.4, 0.5) is 11.4 Å². The summed E-state index contributed by atoms with van der Waals surface area (Å²) in [5.74, 6) is 0.794. The molecule has 1 fully saturated rings. The van der Waals surface area contributed by atoms with Crippen LogP contribution in [0.15, 0.2) is 48.5 Å². The number of hydrogen-bond donors (Lipinski definition) is 0. The summed E-state index contributed by atoms with van der Waals surface area (Å²) in [6.45, 7) is 18.5. The normalized spacial score (nSPS) is 14.2. The van der Waals surface area contributed by atoms with Gasteiger partial charge in [0.2, 0.25) is 0 Å². The third-order valence-electron chi connectivity index (χ3n) is 6.84. The van der Waals surface area contributed by atoms with Crippen LogP contribution in [0, 0.1) is 41.5 Å². The van der Waals surface area contributed by atoms with Gasteiger partial charge in [0.25, 0.3) is 0 Å². The van der Waals surface area contributed by atoms with Crippen LogP contribution < -0.4 is 14.5 Å². The fraction of sp³-hybridized carbons (Fsp3) is 0.344. The predicted octanol–water partition coefficient (Wildman–Crippen LogP) is 6.24. The number of nitrogens with zero attached hydrogens (tertiary/aromatic N) is 2. The first kappa shape index (κ1) is 27.1. The number of para-hydroxylation sites is 1. The zero-order chi connectivity index (χ0) is 26.9. The van der Waals surface area contributed by atoms with Gasteiger partial charge in [-0.3, -0.25) is 0 Å². The van der Waals surface area contributed by atoms with Gasteiger partial charge in [-0.1, -0.05) is 0 Å². The van der Waals surface area contributed by atoms with Crippen LogP contribution in [0.1, 0.15) is 52.8 Å². The van der Waals surface area contributed by atoms with Gasteiger partial charge in [0.15, 0.2) is 0 Å². The van der Waals surface area contributed by atoms with Crippen LogP contribution in [0.2, 0.25) is 0 Å². The minimum atomic E-state index is -0.465. The van der Waals surface area contributed by atoms with Gasteiger partial charge in [-0.05, 0) is 0 Å². The number of hydrogen-bond acceptors (Lipinski definition) is 4. The first-order valence-corrected chi connectivity index (χ1v) is 14.7. The SMILES string of the molecule is CC(=O)C(C)Oc1ccccc1[CH]=[Ru]=[C]1N(c2c(C)cc(C)cc2C)CCN1c1c(C)cc(C)cc1C. The van der Waals surface area contributed by atoms with Crippen molar-refractivity contribution in [1.29, 1.82) is 0 Å². The number of Topliss-reactive ketones (excluding diaryl/α,β-unsaturated/α-hetero) is 1. The minimum absolute atomic E-state index is 0.0286. The van der Waals surface area contributed by atoms with Gasteiger partial charge in [0, 0.05) is 0 Å². The molecular weight excluding hydrogens is 545 g/mol. The van der Waals surface area contributed by atoms with E-state index in [0.29, 0.717) is 0 Å². The summed E-state index contributed by atoms with van der Waals surface area (Å²) >= 11 is -0.303. The summed E-state index contributed by atoms with van der Waals surface area (Å²) in [6, 6.07) is 17.2. The van der Waals surface area contributed by atoms with E-state index in [-0.39, 0.29) is 22.0 Å². The van der Waals surface area contributed by atoms with Crippen LogP contribution >= 0.6 is 0 Å². The quantitative estimate of drug-likeness (QED) is 0.322. The molecule has 0 aromatic heterocycles. The second kappa shape index (κ2) is 11.2. The molecule has 1 unspecified atom stereocenters. The fourth-order valence-corrected chi connectivity index (χ4v) is 7.51. The number of aryl methyl sites for hydroxylation is 6. The van der Waals surface area contributed by atoms with E-state index >= 15 is 0 Å². The van der Waals surface area contributed by atoms with E-state index in [1.165, 1.54) is 49.1 Å². The summed E-state index contributed by atoms with van der Waals surface area (Å²) in [7, 11) is 0. The maximum atomic E-state index is 11.9. The molecule has 0 N–H and O–H groups in total. The van der Waals surface area contributed by atoms with E-state index in [0.717, 1.165) is 24.4 Å². The Labute approximate surface area is 228 Å². The van der Waals surface area contributed by atoms with Crippen molar-refractivity contribution in [3.63, 3.8) is 0 Å². The van der Waals surface area contributed by atoms with Crippen LogP contribution in [0.25, 0.3) is 0 Å². The Morgan fingerprint density at radius 3 is 1.76 bits per heavy atom. The molecule has 0 spiro atoms. The zero-order valence-electron chi connectivity index (χ0n) is 23.3. The Bertz CT molecular complexity index is 1300. The molecule has 4 rings (SSSR count). The van der Waals surface area contributed by atoms with Crippen molar-refractivity contribution < 1.29 is 25.8 Å². The zero-order valence-corrected chi connectivity index (χ0v) is 25.0. The molecule has 3 aromatic rings. The molecule has 196 valence electrons. The summed E-state index contributed by atoms with van der Waals surface area (Å²) < 4.78 is 9.73. The van der Waals surface area contributed by atoms with Crippen LogP contribution in [-0.2, 0) is 21.0 Å². The summed E-state index contributed by atoms with van der Waals surface area (Å²) in [4.78, 5) is 16.9. The summed E-state index contributed by atoms with van der Waals surface area (Å²) in [5, 5.41) is 0. The van der Waals surface area contributed by atoms with Crippen molar-refractivity contribution in [1.82, 2.24) is 0 Å². The predicted molar refractivity (Wildman–Crippen MR) is 153 cm³/mol. The van der Waals surface area contributed by atoms with Gasteiger partial charge in [-0.15, -0.1) is 0 Å². The second-order valence-electron chi connectivity index (χ2n) is 10.2. The Kier molecular flexibility index (Phi) is 8.24. The molecule has 1 aliphatic rings. The molecule has 0 amide bonds. The number of carbonyl (C=O) groups is 1. The Balaban J connectivity index is 1.89. The molecule has 0 saturated carbocycles. The van der Waals surface area contributed by atoms with Gasteiger partial charge in [0.1, 0.15) is 0 Å². The Morgan fingerprint density at radius 2 is 1.30 bits per heavy atom. The van der Waals surface area contributed by atoms with Gasteiger partial charge < -0.3 is 0 Å². The Hall–Kier alpha value is -2.91. The van der Waals surface area contributed by atoms with E-state index in [9.17, 15) is 4.79 Å². The van der Waals surface area contributed by atoms with Gasteiger partial charge >= 0.3 is 229 Å². The van der Waals surface area contributed by atoms with E-state index in [1.807, 2.05) is 25.1 Å². The number of ether oxygens (including phenoxy) is 1. The monoisotopic (exact) mass is 584 g/mol. The van der Waals surface area contributed by atoms with Crippen molar-refractivity contribution in [2.24, 2.45) is 0 Å². The van der Waals surface area contributed by atoms with Crippen LogP contribution in [0.5, 0.6) is 5.75 Å². The van der Waals surface area contributed by atoms with Gasteiger partial charge in [-0.2, -0.15) is 0 Å². The molecule has 1 atom stereocenters. The molecule has 1 saturated heterocycles. The molecule has 37 heavy (non-hydrogen) atoms.